The van der Waals surface area contributed by atoms with Crippen LogP contribution >= 0.6 is 0 Å². The first-order valence-corrected chi connectivity index (χ1v) is 13.2. The van der Waals surface area contributed by atoms with Gasteiger partial charge in [0.2, 0.25) is 0 Å². The van der Waals surface area contributed by atoms with E-state index in [1.54, 1.807) is 24.3 Å². The van der Waals surface area contributed by atoms with Crippen LogP contribution in [0.3, 0.4) is 0 Å². The first-order valence-electron chi connectivity index (χ1n) is 13.2. The lowest BCUT2D eigenvalue weighted by atomic mass is 9.81. The van der Waals surface area contributed by atoms with Gasteiger partial charge in [0.25, 0.3) is 0 Å². The Morgan fingerprint density at radius 1 is 0.878 bits per heavy atom. The lowest BCUT2D eigenvalue weighted by Crippen LogP contribution is -2.25. The molecule has 0 aliphatic rings. The summed E-state index contributed by atoms with van der Waals surface area (Å²) in [5.74, 6) is -1.16. The molecule has 5 rings (SSSR count). The topological polar surface area (TPSA) is 77.8 Å². The fourth-order valence-electron chi connectivity index (χ4n) is 5.30. The zero-order chi connectivity index (χ0) is 29.1. The SMILES string of the molecule is COC(=O)c1ccc(-c2c(C(C)(C)CC(=O)O)n(-c3ccc(F)cc3)c3cccc(OCc4ccccc4)c23)cc1. The molecule has 5 aromatic rings. The fourth-order valence-corrected chi connectivity index (χ4v) is 5.30. The summed E-state index contributed by atoms with van der Waals surface area (Å²) in [5.41, 5.74) is 4.26. The Balaban J connectivity index is 1.83. The molecule has 1 N–H and O–H groups in total. The van der Waals surface area contributed by atoms with Gasteiger partial charge in [0, 0.05) is 22.4 Å². The van der Waals surface area contributed by atoms with Crippen molar-refractivity contribution in [1.82, 2.24) is 4.57 Å². The van der Waals surface area contributed by atoms with Gasteiger partial charge in [-0.05, 0) is 59.7 Å². The third-order valence-corrected chi connectivity index (χ3v) is 7.11. The van der Waals surface area contributed by atoms with Gasteiger partial charge in [-0.25, -0.2) is 9.18 Å². The highest BCUT2D eigenvalue weighted by Crippen LogP contribution is 2.47. The van der Waals surface area contributed by atoms with Gasteiger partial charge < -0.3 is 19.1 Å². The number of ether oxygens (including phenoxy) is 2. The van der Waals surface area contributed by atoms with Crippen LogP contribution in [0.25, 0.3) is 27.7 Å². The smallest absolute Gasteiger partial charge is 0.337 e. The Labute approximate surface area is 237 Å². The van der Waals surface area contributed by atoms with Crippen LogP contribution in [0.4, 0.5) is 4.39 Å². The summed E-state index contributed by atoms with van der Waals surface area (Å²) >= 11 is 0. The van der Waals surface area contributed by atoms with Gasteiger partial charge in [0.1, 0.15) is 18.2 Å². The maximum absolute atomic E-state index is 14.0. The number of aromatic nitrogens is 1. The Morgan fingerprint density at radius 3 is 2.20 bits per heavy atom. The third-order valence-electron chi connectivity index (χ3n) is 7.11. The Hall–Kier alpha value is -4.91. The van der Waals surface area contributed by atoms with Crippen molar-refractivity contribution in [1.29, 1.82) is 0 Å². The predicted molar refractivity (Wildman–Crippen MR) is 156 cm³/mol. The van der Waals surface area contributed by atoms with Crippen LogP contribution in [0.2, 0.25) is 0 Å². The molecule has 0 amide bonds. The molecule has 0 aliphatic heterocycles. The number of nitrogens with zero attached hydrogens (tertiary/aromatic N) is 1. The van der Waals surface area contributed by atoms with Crippen molar-refractivity contribution in [3.8, 4) is 22.6 Å². The molecule has 0 atom stereocenters. The Morgan fingerprint density at radius 2 is 1.56 bits per heavy atom. The van der Waals surface area contributed by atoms with E-state index < -0.39 is 17.4 Å². The summed E-state index contributed by atoms with van der Waals surface area (Å²) in [5, 5.41) is 10.7. The number of benzene rings is 4. The van der Waals surface area contributed by atoms with Crippen molar-refractivity contribution < 1.29 is 28.6 Å². The molecule has 208 valence electrons. The number of rotatable bonds is 9. The first kappa shape index (κ1) is 27.6. The summed E-state index contributed by atoms with van der Waals surface area (Å²) < 4.78 is 27.3. The molecule has 1 heterocycles. The second-order valence-corrected chi connectivity index (χ2v) is 10.5. The minimum absolute atomic E-state index is 0.155. The minimum atomic E-state index is -0.946. The van der Waals surface area contributed by atoms with E-state index in [0.29, 0.717) is 23.6 Å². The lowest BCUT2D eigenvalue weighted by Gasteiger charge is -2.27. The molecule has 0 unspecified atom stereocenters. The normalized spacial score (nSPS) is 11.4. The summed E-state index contributed by atoms with van der Waals surface area (Å²) in [4.78, 5) is 24.3. The molecular formula is C34H30FNO5. The lowest BCUT2D eigenvalue weighted by molar-refractivity contribution is -0.138. The zero-order valence-electron chi connectivity index (χ0n) is 23.1. The molecule has 4 aromatic carbocycles. The third kappa shape index (κ3) is 5.57. The van der Waals surface area contributed by atoms with Gasteiger partial charge in [-0.1, -0.05) is 62.4 Å². The van der Waals surface area contributed by atoms with Crippen molar-refractivity contribution in [3.63, 3.8) is 0 Å². The van der Waals surface area contributed by atoms with Crippen molar-refractivity contribution in [2.75, 3.05) is 7.11 Å². The van der Waals surface area contributed by atoms with Crippen LogP contribution in [-0.2, 0) is 21.6 Å². The van der Waals surface area contributed by atoms with E-state index in [1.807, 2.05) is 79.1 Å². The van der Waals surface area contributed by atoms with Crippen LogP contribution < -0.4 is 4.74 Å². The molecule has 0 aliphatic carbocycles. The summed E-state index contributed by atoms with van der Waals surface area (Å²) in [6.07, 6.45) is -0.155. The number of fused-ring (bicyclic) bond motifs is 1. The number of carbonyl (C=O) groups excluding carboxylic acids is 1. The summed E-state index contributed by atoms with van der Waals surface area (Å²) in [6.45, 7) is 4.09. The van der Waals surface area contributed by atoms with Gasteiger partial charge in [-0.3, -0.25) is 4.79 Å². The Kier molecular flexibility index (Phi) is 7.62. The van der Waals surface area contributed by atoms with Crippen molar-refractivity contribution >= 4 is 22.8 Å². The number of hydrogen-bond donors (Lipinski definition) is 1. The van der Waals surface area contributed by atoms with Gasteiger partial charge in [-0.15, -0.1) is 0 Å². The number of carboxylic acids is 1. The van der Waals surface area contributed by atoms with Crippen molar-refractivity contribution in [3.05, 3.63) is 120 Å². The van der Waals surface area contributed by atoms with E-state index in [2.05, 4.69) is 0 Å². The quantitative estimate of drug-likeness (QED) is 0.191. The maximum Gasteiger partial charge on any atom is 0.337 e. The zero-order valence-corrected chi connectivity index (χ0v) is 23.1. The van der Waals surface area contributed by atoms with Crippen LogP contribution in [-0.4, -0.2) is 28.7 Å². The average molecular weight is 552 g/mol. The number of hydrogen-bond acceptors (Lipinski definition) is 4. The van der Waals surface area contributed by atoms with Gasteiger partial charge in [0.15, 0.2) is 0 Å². The predicted octanol–water partition coefficient (Wildman–Crippen LogP) is 7.55. The maximum atomic E-state index is 14.0. The van der Waals surface area contributed by atoms with E-state index in [-0.39, 0.29) is 12.2 Å². The van der Waals surface area contributed by atoms with Crippen LogP contribution in [0.5, 0.6) is 5.75 Å². The Bertz CT molecular complexity index is 1700. The number of methoxy groups -OCH3 is 1. The number of carbonyl (C=O) groups is 2. The molecule has 0 fully saturated rings. The molecule has 41 heavy (non-hydrogen) atoms. The van der Waals surface area contributed by atoms with Crippen LogP contribution in [0.15, 0.2) is 97.1 Å². The van der Waals surface area contributed by atoms with Gasteiger partial charge in [0.05, 0.1) is 30.0 Å². The molecule has 0 saturated heterocycles. The van der Waals surface area contributed by atoms with Gasteiger partial charge >= 0.3 is 11.9 Å². The summed E-state index contributed by atoms with van der Waals surface area (Å²) in [7, 11) is 1.33. The van der Waals surface area contributed by atoms with Gasteiger partial charge in [-0.2, -0.15) is 0 Å². The van der Waals surface area contributed by atoms with E-state index in [0.717, 1.165) is 33.3 Å². The molecular weight excluding hydrogens is 521 g/mol. The molecule has 0 radical (unpaired) electrons. The number of esters is 1. The van der Waals surface area contributed by atoms with Crippen LogP contribution in [0.1, 0.15) is 41.9 Å². The molecule has 0 spiro atoms. The molecule has 1 aromatic heterocycles. The molecule has 0 saturated carbocycles. The standard InChI is InChI=1S/C34H30FNO5/c1-34(2,20-29(37)38)32-30(23-12-14-24(15-13-23)33(39)40-3)31-27(36(32)26-18-16-25(35)17-19-26)10-7-11-28(31)41-21-22-8-5-4-6-9-22/h4-19H,20-21H2,1-3H3,(H,37,38). The van der Waals surface area contributed by atoms with E-state index in [4.69, 9.17) is 9.47 Å². The van der Waals surface area contributed by atoms with E-state index in [1.165, 1.54) is 19.2 Å². The molecule has 6 nitrogen and oxygen atoms in total. The summed E-state index contributed by atoms with van der Waals surface area (Å²) in [6, 6.07) is 28.7. The van der Waals surface area contributed by atoms with E-state index in [9.17, 15) is 19.1 Å². The van der Waals surface area contributed by atoms with Crippen molar-refractivity contribution in [2.24, 2.45) is 0 Å². The first-order chi connectivity index (χ1) is 19.7. The van der Waals surface area contributed by atoms with E-state index >= 15 is 0 Å². The highest BCUT2D eigenvalue weighted by molar-refractivity contribution is 6.04. The second-order valence-electron chi connectivity index (χ2n) is 10.5. The fraction of sp³-hybridized carbons (Fsp3) is 0.176. The second kappa shape index (κ2) is 11.3. The van der Waals surface area contributed by atoms with Crippen LogP contribution in [0, 0.1) is 5.82 Å². The molecule has 0 bridgehead atoms. The van der Waals surface area contributed by atoms with Crippen molar-refractivity contribution in [2.45, 2.75) is 32.3 Å². The monoisotopic (exact) mass is 551 g/mol. The number of carboxylic acid groups (broad SMARTS) is 1. The largest absolute Gasteiger partial charge is 0.488 e. The number of aliphatic carboxylic acids is 1. The minimum Gasteiger partial charge on any atom is -0.488 e. The number of halogens is 1. The average Bonchev–Trinajstić information content (AvgIpc) is 3.33. The highest BCUT2D eigenvalue weighted by Gasteiger charge is 2.35. The molecule has 7 heteroatoms. The highest BCUT2D eigenvalue weighted by atomic mass is 19.1.